The predicted molar refractivity (Wildman–Crippen MR) is 160 cm³/mol. The van der Waals surface area contributed by atoms with Crippen LogP contribution < -0.4 is 10.5 Å². The normalized spacial score (nSPS) is 29.9. The van der Waals surface area contributed by atoms with E-state index in [9.17, 15) is 35.1 Å². The molecule has 44 heavy (non-hydrogen) atoms. The molecule has 0 amide bonds. The van der Waals surface area contributed by atoms with Gasteiger partial charge in [-0.1, -0.05) is 50.5 Å². The highest BCUT2D eigenvalue weighted by Gasteiger charge is 2.55. The molecule has 2 aromatic rings. The molecule has 2 aliphatic rings. The van der Waals surface area contributed by atoms with Gasteiger partial charge in [-0.25, -0.2) is 4.98 Å². The molecule has 2 fully saturated rings. The summed E-state index contributed by atoms with van der Waals surface area (Å²) in [6.07, 6.45) is 8.73. The zero-order chi connectivity index (χ0) is 32.0. The van der Waals surface area contributed by atoms with Gasteiger partial charge in [-0.2, -0.15) is 4.98 Å². The number of nitrogens with one attached hydrogen (secondary N) is 1. The van der Waals surface area contributed by atoms with Gasteiger partial charge in [-0.3, -0.25) is 24.0 Å². The Morgan fingerprint density at radius 2 is 2.05 bits per heavy atom. The highest BCUT2D eigenvalue weighted by Crippen LogP contribution is 2.45. The third-order valence-electron chi connectivity index (χ3n) is 8.58. The lowest BCUT2D eigenvalue weighted by atomic mass is 9.84. The highest BCUT2D eigenvalue weighted by atomic mass is 16.5. The van der Waals surface area contributed by atoms with Crippen LogP contribution in [0, 0.1) is 11.8 Å². The molecule has 0 spiro atoms. The third kappa shape index (κ3) is 7.38. The number of aliphatic carboxylic acids is 1. The number of carbonyl (C=O) groups is 1. The fourth-order valence-electron chi connectivity index (χ4n) is 6.12. The molecule has 2 unspecified atom stereocenters. The standard InChI is InChI=1S/C30H45N5O9/c1-3-4-7-10-18(37)13-14-19-20(11-8-5-6-9-12-24(39)40)30(2,43)35(28(19)42)29-32-26-25(27(41)33-29)31-17-34(26)23-15-21(38)22(16-36)44-23/h5,8,13-14,17-23,28,36-38,42-43H,3-4,6-7,9-12,15-16H2,1-2H3,(H,39,40)(H,32,33,41)/b8-5-,14-13+/t18-,19+,20+,21-,22+,23+,28?,30?/m0/s1. The van der Waals surface area contributed by atoms with Gasteiger partial charge in [0.25, 0.3) is 5.56 Å². The summed E-state index contributed by atoms with van der Waals surface area (Å²) in [5, 5.41) is 62.7. The van der Waals surface area contributed by atoms with Crippen molar-refractivity contribution in [2.45, 2.75) is 108 Å². The minimum atomic E-state index is -1.72. The minimum absolute atomic E-state index is 0.000101. The van der Waals surface area contributed by atoms with Crippen LogP contribution in [0.1, 0.15) is 77.9 Å². The summed E-state index contributed by atoms with van der Waals surface area (Å²) in [6, 6.07) is 0. The average Bonchev–Trinajstić information content (AvgIpc) is 3.61. The lowest BCUT2D eigenvalue weighted by Crippen LogP contribution is -2.49. The van der Waals surface area contributed by atoms with Crippen molar-refractivity contribution < 1.29 is 40.2 Å². The van der Waals surface area contributed by atoms with Crippen LogP contribution in [0.4, 0.5) is 5.95 Å². The van der Waals surface area contributed by atoms with Gasteiger partial charge in [-0.15, -0.1) is 0 Å². The number of hydrogen-bond donors (Lipinski definition) is 7. The Morgan fingerprint density at radius 1 is 1.27 bits per heavy atom. The lowest BCUT2D eigenvalue weighted by molar-refractivity contribution is -0.137. The number of aromatic amines is 1. The van der Waals surface area contributed by atoms with Crippen LogP contribution >= 0.6 is 0 Å². The molecular weight excluding hydrogens is 574 g/mol. The largest absolute Gasteiger partial charge is 0.481 e. The topological polar surface area (TPSA) is 214 Å². The zero-order valence-electron chi connectivity index (χ0n) is 25.2. The fraction of sp³-hybridized carbons (Fsp3) is 0.667. The number of allylic oxidation sites excluding steroid dienone is 2. The fourth-order valence-corrected chi connectivity index (χ4v) is 6.12. The second kappa shape index (κ2) is 14.8. The summed E-state index contributed by atoms with van der Waals surface area (Å²) < 4.78 is 7.21. The van der Waals surface area contributed by atoms with Crippen molar-refractivity contribution in [2.24, 2.45) is 11.8 Å². The quantitative estimate of drug-likeness (QED) is 0.112. The Labute approximate surface area is 255 Å². The first-order valence-corrected chi connectivity index (χ1v) is 15.3. The number of carboxylic acid groups (broad SMARTS) is 1. The van der Waals surface area contributed by atoms with Gasteiger partial charge in [-0.05, 0) is 32.6 Å². The van der Waals surface area contributed by atoms with Crippen LogP contribution in [0.2, 0.25) is 0 Å². The van der Waals surface area contributed by atoms with Crippen molar-refractivity contribution in [2.75, 3.05) is 11.5 Å². The molecule has 0 saturated carbocycles. The Balaban J connectivity index is 1.65. The number of hydrogen-bond acceptors (Lipinski definition) is 11. The smallest absolute Gasteiger partial charge is 0.303 e. The molecule has 4 rings (SSSR count). The number of carboxylic acids is 1. The maximum Gasteiger partial charge on any atom is 0.303 e. The van der Waals surface area contributed by atoms with E-state index < -0.39 is 59.9 Å². The SMILES string of the molecule is CCCCC[C@H](O)/C=C/[C@H]1C(O)N(c2nc3c(ncn3[C@H]3C[C@H](O)[C@@H](CO)O3)c(=O)[nH]2)C(C)(O)[C@@H]1C/C=C\CCCC(=O)O. The van der Waals surface area contributed by atoms with Gasteiger partial charge in [0.2, 0.25) is 5.95 Å². The van der Waals surface area contributed by atoms with E-state index in [1.165, 1.54) is 22.7 Å². The van der Waals surface area contributed by atoms with Crippen molar-refractivity contribution >= 4 is 23.1 Å². The predicted octanol–water partition coefficient (Wildman–Crippen LogP) is 1.54. The van der Waals surface area contributed by atoms with Crippen molar-refractivity contribution in [3.8, 4) is 0 Å². The van der Waals surface area contributed by atoms with E-state index in [1.54, 1.807) is 12.2 Å². The summed E-state index contributed by atoms with van der Waals surface area (Å²) in [5.41, 5.74) is -2.21. The van der Waals surface area contributed by atoms with E-state index >= 15 is 0 Å². The second-order valence-electron chi connectivity index (χ2n) is 11.8. The first-order chi connectivity index (χ1) is 21.0. The number of ether oxygens (including phenoxy) is 1. The van der Waals surface area contributed by atoms with Gasteiger partial charge in [0.15, 0.2) is 11.2 Å². The van der Waals surface area contributed by atoms with E-state index in [4.69, 9.17) is 9.84 Å². The number of unbranched alkanes of at least 4 members (excludes halogenated alkanes) is 3. The molecule has 2 saturated heterocycles. The van der Waals surface area contributed by atoms with Crippen LogP contribution in [-0.4, -0.2) is 93.0 Å². The summed E-state index contributed by atoms with van der Waals surface area (Å²) in [7, 11) is 0. The average molecular weight is 620 g/mol. The van der Waals surface area contributed by atoms with Crippen LogP contribution in [0.25, 0.3) is 11.2 Å². The molecule has 14 heteroatoms. The number of aromatic nitrogens is 4. The molecule has 2 aromatic heterocycles. The number of rotatable bonds is 15. The van der Waals surface area contributed by atoms with Crippen molar-refractivity contribution in [1.82, 2.24) is 19.5 Å². The molecular formula is C30H45N5O9. The first-order valence-electron chi connectivity index (χ1n) is 15.3. The number of H-pyrrole nitrogens is 1. The molecule has 0 bridgehead atoms. The van der Waals surface area contributed by atoms with Gasteiger partial charge >= 0.3 is 5.97 Å². The number of anilines is 1. The maximum absolute atomic E-state index is 13.1. The summed E-state index contributed by atoms with van der Waals surface area (Å²) in [4.78, 5) is 36.6. The molecule has 7 N–H and O–H groups in total. The number of nitrogens with zero attached hydrogens (tertiary/aromatic N) is 4. The Morgan fingerprint density at radius 3 is 2.73 bits per heavy atom. The van der Waals surface area contributed by atoms with Gasteiger partial charge in [0.05, 0.1) is 25.1 Å². The van der Waals surface area contributed by atoms with Crippen LogP contribution in [0.5, 0.6) is 0 Å². The number of fused-ring (bicyclic) bond motifs is 1. The summed E-state index contributed by atoms with van der Waals surface area (Å²) >= 11 is 0. The van der Waals surface area contributed by atoms with Crippen molar-refractivity contribution in [1.29, 1.82) is 0 Å². The molecule has 8 atom stereocenters. The summed E-state index contributed by atoms with van der Waals surface area (Å²) in [6.45, 7) is 3.21. The first kappa shape index (κ1) is 33.7. The molecule has 244 valence electrons. The van der Waals surface area contributed by atoms with E-state index in [0.29, 0.717) is 25.7 Å². The second-order valence-corrected chi connectivity index (χ2v) is 11.8. The lowest BCUT2D eigenvalue weighted by Gasteiger charge is -2.35. The van der Waals surface area contributed by atoms with E-state index in [0.717, 1.165) is 19.3 Å². The molecule has 0 radical (unpaired) electrons. The van der Waals surface area contributed by atoms with Gasteiger partial charge < -0.3 is 35.4 Å². The third-order valence-corrected chi connectivity index (χ3v) is 8.58. The van der Waals surface area contributed by atoms with Crippen molar-refractivity contribution in [3.05, 3.63) is 41.0 Å². The Bertz CT molecular complexity index is 1370. The van der Waals surface area contributed by atoms with E-state index in [1.807, 2.05) is 12.2 Å². The van der Waals surface area contributed by atoms with Gasteiger partial charge in [0, 0.05) is 24.7 Å². The van der Waals surface area contributed by atoms with Crippen molar-refractivity contribution in [3.63, 3.8) is 0 Å². The Kier molecular flexibility index (Phi) is 11.3. The monoisotopic (exact) mass is 619 g/mol. The zero-order valence-corrected chi connectivity index (χ0v) is 25.2. The number of aliphatic hydroxyl groups excluding tert-OH is 4. The van der Waals surface area contributed by atoms with Crippen LogP contribution in [-0.2, 0) is 9.53 Å². The van der Waals surface area contributed by atoms with Crippen LogP contribution in [0.15, 0.2) is 35.4 Å². The van der Waals surface area contributed by atoms with E-state index in [-0.39, 0.29) is 36.6 Å². The van der Waals surface area contributed by atoms with Crippen LogP contribution in [0.3, 0.4) is 0 Å². The maximum atomic E-state index is 13.1. The molecule has 0 aromatic carbocycles. The number of imidazole rings is 1. The minimum Gasteiger partial charge on any atom is -0.481 e. The molecule has 4 heterocycles. The molecule has 2 aliphatic heterocycles. The molecule has 0 aliphatic carbocycles. The Hall–Kier alpha value is -3.14. The van der Waals surface area contributed by atoms with E-state index in [2.05, 4.69) is 21.9 Å². The molecule has 14 nitrogen and oxygen atoms in total. The van der Waals surface area contributed by atoms with Gasteiger partial charge in [0.1, 0.15) is 24.3 Å². The number of aliphatic hydroxyl groups is 5. The summed E-state index contributed by atoms with van der Waals surface area (Å²) in [5.74, 6) is -2.24. The highest BCUT2D eigenvalue weighted by molar-refractivity contribution is 5.71.